The topological polar surface area (TPSA) is 18.5 Å². The second kappa shape index (κ2) is 21.6. The lowest BCUT2D eigenvalue weighted by Gasteiger charge is -2.33. The second-order valence-corrected chi connectivity index (χ2v) is 8.93. The van der Waals surface area contributed by atoms with Crippen LogP contribution < -0.4 is 0 Å². The van der Waals surface area contributed by atoms with Gasteiger partial charge in [-0.1, -0.05) is 130 Å². The lowest BCUT2D eigenvalue weighted by atomic mass is 9.85. The molecule has 0 fully saturated rings. The summed E-state index contributed by atoms with van der Waals surface area (Å²) in [5, 5.41) is 0. The van der Waals surface area contributed by atoms with E-state index in [1.807, 2.05) is 0 Å². The quantitative estimate of drug-likeness (QED) is 0.0968. The van der Waals surface area contributed by atoms with Gasteiger partial charge in [-0.15, -0.1) is 0 Å². The molecule has 0 aliphatic rings. The number of rotatable bonds is 23. The Bertz CT molecular complexity index is 282. The smallest absolute Gasteiger partial charge is 0.104 e. The summed E-state index contributed by atoms with van der Waals surface area (Å²) in [6.07, 6.45) is 26.2. The van der Waals surface area contributed by atoms with Gasteiger partial charge in [-0.2, -0.15) is 0 Å². The highest BCUT2D eigenvalue weighted by atomic mass is 17.2. The Morgan fingerprint density at radius 3 is 1.29 bits per heavy atom. The highest BCUT2D eigenvalue weighted by molar-refractivity contribution is 4.80. The molecule has 0 aromatic heterocycles. The van der Waals surface area contributed by atoms with Crippen molar-refractivity contribution in [1.29, 1.82) is 0 Å². The molecule has 0 atom stereocenters. The maximum Gasteiger partial charge on any atom is 0.104 e. The molecule has 0 amide bonds. The fourth-order valence-electron chi connectivity index (χ4n) is 3.98. The zero-order valence-corrected chi connectivity index (χ0v) is 20.2. The lowest BCUT2D eigenvalue weighted by Crippen LogP contribution is -2.33. The summed E-state index contributed by atoms with van der Waals surface area (Å²) in [7, 11) is 0. The van der Waals surface area contributed by atoms with E-state index < -0.39 is 0 Å². The van der Waals surface area contributed by atoms with Crippen LogP contribution in [0.15, 0.2) is 0 Å². The van der Waals surface area contributed by atoms with Gasteiger partial charge < -0.3 is 0 Å². The minimum Gasteiger partial charge on any atom is -0.236 e. The molecule has 0 saturated heterocycles. The van der Waals surface area contributed by atoms with Crippen LogP contribution in [0.2, 0.25) is 0 Å². The lowest BCUT2D eigenvalue weighted by molar-refractivity contribution is -0.367. The van der Waals surface area contributed by atoms with Gasteiger partial charge in [-0.3, -0.25) is 0 Å². The molecule has 0 heterocycles. The minimum atomic E-state index is -0.0287. The van der Waals surface area contributed by atoms with E-state index in [2.05, 4.69) is 27.7 Å². The minimum absolute atomic E-state index is 0.0287. The van der Waals surface area contributed by atoms with Gasteiger partial charge in [0.1, 0.15) is 5.60 Å². The summed E-state index contributed by atoms with van der Waals surface area (Å²) < 4.78 is 0. The molecule has 0 aliphatic carbocycles. The first kappa shape index (κ1) is 27.9. The molecule has 2 heteroatoms. The molecule has 0 saturated carbocycles. The van der Waals surface area contributed by atoms with E-state index in [0.717, 1.165) is 25.9 Å². The van der Waals surface area contributed by atoms with Crippen molar-refractivity contribution in [3.05, 3.63) is 0 Å². The van der Waals surface area contributed by atoms with Crippen LogP contribution in [0.1, 0.15) is 156 Å². The van der Waals surface area contributed by atoms with Crippen molar-refractivity contribution in [3.8, 4) is 0 Å². The molecule has 2 nitrogen and oxygen atoms in total. The van der Waals surface area contributed by atoms with E-state index >= 15 is 0 Å². The Morgan fingerprint density at radius 1 is 0.429 bits per heavy atom. The number of hydrogen-bond donors (Lipinski definition) is 0. The molecule has 0 aliphatic heterocycles. The first-order valence-corrected chi connectivity index (χ1v) is 13.0. The first-order valence-electron chi connectivity index (χ1n) is 13.0. The summed E-state index contributed by atoms with van der Waals surface area (Å²) in [6.45, 7) is 9.81. The van der Waals surface area contributed by atoms with Gasteiger partial charge in [0.2, 0.25) is 0 Å². The van der Waals surface area contributed by atoms with Crippen LogP contribution in [0.25, 0.3) is 0 Å². The highest BCUT2D eigenvalue weighted by Crippen LogP contribution is 2.32. The van der Waals surface area contributed by atoms with E-state index in [-0.39, 0.29) is 5.60 Å². The third kappa shape index (κ3) is 16.8. The summed E-state index contributed by atoms with van der Waals surface area (Å²) in [5.41, 5.74) is -0.0287. The summed E-state index contributed by atoms with van der Waals surface area (Å²) in [6, 6.07) is 0. The van der Waals surface area contributed by atoms with Crippen molar-refractivity contribution in [2.45, 2.75) is 162 Å². The second-order valence-electron chi connectivity index (χ2n) is 8.93. The normalized spacial score (nSPS) is 12.0. The molecule has 0 radical (unpaired) electrons. The molecule has 170 valence electrons. The van der Waals surface area contributed by atoms with Crippen molar-refractivity contribution in [2.75, 3.05) is 6.61 Å². The van der Waals surface area contributed by atoms with Crippen LogP contribution in [0.4, 0.5) is 0 Å². The molecular weight excluding hydrogens is 344 g/mol. The Labute approximate surface area is 178 Å². The molecule has 0 aromatic rings. The molecule has 0 rings (SSSR count). The monoisotopic (exact) mass is 398 g/mol. The highest BCUT2D eigenvalue weighted by Gasteiger charge is 2.31. The molecule has 0 spiro atoms. The Balaban J connectivity index is 4.08. The van der Waals surface area contributed by atoms with Gasteiger partial charge in [0.05, 0.1) is 6.61 Å². The summed E-state index contributed by atoms with van der Waals surface area (Å²) in [5.74, 6) is 0. The van der Waals surface area contributed by atoms with E-state index in [9.17, 15) is 0 Å². The Morgan fingerprint density at radius 2 is 0.821 bits per heavy atom. The van der Waals surface area contributed by atoms with Crippen molar-refractivity contribution < 1.29 is 9.78 Å². The Hall–Kier alpha value is -0.0800. The zero-order chi connectivity index (χ0) is 20.8. The van der Waals surface area contributed by atoms with Crippen LogP contribution in [0.3, 0.4) is 0 Å². The van der Waals surface area contributed by atoms with Crippen LogP contribution in [0, 0.1) is 0 Å². The summed E-state index contributed by atoms with van der Waals surface area (Å²) >= 11 is 0. The van der Waals surface area contributed by atoms with Crippen LogP contribution >= 0.6 is 0 Å². The number of hydrogen-bond acceptors (Lipinski definition) is 2. The molecule has 0 aromatic carbocycles. The van der Waals surface area contributed by atoms with Crippen LogP contribution in [-0.4, -0.2) is 12.2 Å². The van der Waals surface area contributed by atoms with Gasteiger partial charge >= 0.3 is 0 Å². The van der Waals surface area contributed by atoms with Gasteiger partial charge in [-0.25, -0.2) is 9.78 Å². The maximum atomic E-state index is 6.13. The third-order valence-electron chi connectivity index (χ3n) is 6.02. The predicted molar refractivity (Wildman–Crippen MR) is 125 cm³/mol. The Kier molecular flexibility index (Phi) is 21.6. The SMILES string of the molecule is CCCCCCCCCCCCCC(CCCC)(CCCC)OOCCCC. The zero-order valence-electron chi connectivity index (χ0n) is 20.2. The van der Waals surface area contributed by atoms with Crippen LogP contribution in [0.5, 0.6) is 0 Å². The summed E-state index contributed by atoms with van der Waals surface area (Å²) in [4.78, 5) is 11.8. The fraction of sp³-hybridized carbons (Fsp3) is 1.00. The number of unbranched alkanes of at least 4 members (excludes halogenated alkanes) is 13. The van der Waals surface area contributed by atoms with Crippen molar-refractivity contribution in [1.82, 2.24) is 0 Å². The largest absolute Gasteiger partial charge is 0.236 e. The van der Waals surface area contributed by atoms with Crippen molar-refractivity contribution >= 4 is 0 Å². The average Bonchev–Trinajstić information content (AvgIpc) is 2.71. The molecular formula is C26H54O2. The molecule has 0 bridgehead atoms. The molecule has 28 heavy (non-hydrogen) atoms. The van der Waals surface area contributed by atoms with Crippen molar-refractivity contribution in [3.63, 3.8) is 0 Å². The van der Waals surface area contributed by atoms with Crippen molar-refractivity contribution in [2.24, 2.45) is 0 Å². The van der Waals surface area contributed by atoms with Crippen LogP contribution in [-0.2, 0) is 9.78 Å². The van der Waals surface area contributed by atoms with Gasteiger partial charge in [0.25, 0.3) is 0 Å². The standard InChI is InChI=1S/C26H54O2/c1-5-9-13-14-15-16-17-18-19-20-21-24-26(22-10-6-2,23-11-7-3)28-27-25-12-8-4/h5-25H2,1-4H3. The molecule has 0 N–H and O–H groups in total. The van der Waals surface area contributed by atoms with Gasteiger partial charge in [0.15, 0.2) is 0 Å². The van der Waals surface area contributed by atoms with Gasteiger partial charge in [0, 0.05) is 0 Å². The maximum absolute atomic E-state index is 6.13. The molecule has 0 unspecified atom stereocenters. The van der Waals surface area contributed by atoms with E-state index in [1.54, 1.807) is 0 Å². The third-order valence-corrected chi connectivity index (χ3v) is 6.02. The van der Waals surface area contributed by atoms with E-state index in [0.29, 0.717) is 0 Å². The fourth-order valence-corrected chi connectivity index (χ4v) is 3.98. The average molecular weight is 399 g/mol. The van der Waals surface area contributed by atoms with E-state index in [1.165, 1.54) is 109 Å². The van der Waals surface area contributed by atoms with E-state index in [4.69, 9.17) is 9.78 Å². The van der Waals surface area contributed by atoms with Gasteiger partial charge in [-0.05, 0) is 25.7 Å². The first-order chi connectivity index (χ1) is 13.7. The predicted octanol–water partition coefficient (Wildman–Crippen LogP) is 9.55.